The molecule has 0 rings (SSSR count). The fourth-order valence-corrected chi connectivity index (χ4v) is 0.430. The molecule has 0 atom stereocenters. The molecule has 0 aromatic rings. The zero-order valence-electron chi connectivity index (χ0n) is 6.09. The van der Waals surface area contributed by atoms with Crippen LogP contribution in [0.4, 0.5) is 0 Å². The molecule has 0 saturated carbocycles. The van der Waals surface area contributed by atoms with Gasteiger partial charge in [0.25, 0.3) is 0 Å². The van der Waals surface area contributed by atoms with E-state index in [-0.39, 0.29) is 0 Å². The Kier molecular flexibility index (Phi) is 4.20. The lowest BCUT2D eigenvalue weighted by atomic mass is 10.2. The molecule has 10 heavy (non-hydrogen) atoms. The van der Waals surface area contributed by atoms with E-state index < -0.39 is 5.97 Å². The first-order valence-corrected chi connectivity index (χ1v) is 2.98. The molecule has 0 aromatic heterocycles. The molecule has 0 saturated heterocycles. The molecule has 0 aliphatic heterocycles. The van der Waals surface area contributed by atoms with Crippen LogP contribution in [0.5, 0.6) is 0 Å². The van der Waals surface area contributed by atoms with Crippen LogP contribution in [0.3, 0.4) is 0 Å². The van der Waals surface area contributed by atoms with Crippen molar-refractivity contribution >= 4 is 12.3 Å². The number of methoxy groups -OCH3 is 1. The van der Waals surface area contributed by atoms with Gasteiger partial charge in [-0.1, -0.05) is 6.92 Å². The van der Waals surface area contributed by atoms with E-state index in [0.717, 1.165) is 0 Å². The van der Waals surface area contributed by atoms with Crippen molar-refractivity contribution < 1.29 is 14.3 Å². The second-order valence-corrected chi connectivity index (χ2v) is 1.71. The van der Waals surface area contributed by atoms with E-state index in [4.69, 9.17) is 0 Å². The lowest BCUT2D eigenvalue weighted by Gasteiger charge is -1.92. The highest BCUT2D eigenvalue weighted by atomic mass is 16.5. The number of esters is 1. The highest BCUT2D eigenvalue weighted by molar-refractivity contribution is 5.89. The summed E-state index contributed by atoms with van der Waals surface area (Å²) >= 11 is 0. The Labute approximate surface area is 59.7 Å². The number of hydrogen-bond acceptors (Lipinski definition) is 3. The van der Waals surface area contributed by atoms with E-state index in [9.17, 15) is 9.59 Å². The highest BCUT2D eigenvalue weighted by Crippen LogP contribution is 1.95. The summed E-state index contributed by atoms with van der Waals surface area (Å²) in [5, 5.41) is 0. The van der Waals surface area contributed by atoms with Crippen LogP contribution in [-0.2, 0) is 14.3 Å². The SMILES string of the molecule is CC/C(C=O)=C/C(=O)OC. The van der Waals surface area contributed by atoms with Crippen molar-refractivity contribution in [2.24, 2.45) is 0 Å². The second-order valence-electron chi connectivity index (χ2n) is 1.71. The quantitative estimate of drug-likeness (QED) is 0.331. The standard InChI is InChI=1S/C7H10O3/c1-3-6(5-8)4-7(9)10-2/h4-5H,3H2,1-2H3/b6-4-. The average Bonchev–Trinajstić information content (AvgIpc) is 1.99. The van der Waals surface area contributed by atoms with Crippen LogP contribution in [0.25, 0.3) is 0 Å². The molecule has 0 radical (unpaired) electrons. The van der Waals surface area contributed by atoms with E-state index in [1.807, 2.05) is 0 Å². The summed E-state index contributed by atoms with van der Waals surface area (Å²) in [6, 6.07) is 0. The number of aldehydes is 1. The van der Waals surface area contributed by atoms with Crippen LogP contribution in [0.2, 0.25) is 0 Å². The van der Waals surface area contributed by atoms with Gasteiger partial charge in [0, 0.05) is 6.08 Å². The molecule has 3 nitrogen and oxygen atoms in total. The molecule has 0 aliphatic carbocycles. The summed E-state index contributed by atoms with van der Waals surface area (Å²) in [7, 11) is 1.27. The van der Waals surface area contributed by atoms with Crippen LogP contribution < -0.4 is 0 Å². The van der Waals surface area contributed by atoms with E-state index in [2.05, 4.69) is 4.74 Å². The molecular formula is C7H10O3. The number of ether oxygens (including phenoxy) is 1. The third kappa shape index (κ3) is 3.02. The van der Waals surface area contributed by atoms with Gasteiger partial charge in [0.15, 0.2) is 0 Å². The molecule has 0 spiro atoms. The first kappa shape index (κ1) is 8.88. The van der Waals surface area contributed by atoms with Crippen LogP contribution >= 0.6 is 0 Å². The van der Waals surface area contributed by atoms with Gasteiger partial charge in [-0.15, -0.1) is 0 Å². The van der Waals surface area contributed by atoms with Crippen LogP contribution in [0, 0.1) is 0 Å². The van der Waals surface area contributed by atoms with Gasteiger partial charge in [-0.3, -0.25) is 4.79 Å². The number of carbonyl (C=O) groups excluding carboxylic acids is 2. The fraction of sp³-hybridized carbons (Fsp3) is 0.429. The Morgan fingerprint density at radius 1 is 1.60 bits per heavy atom. The first-order chi connectivity index (χ1) is 4.74. The predicted molar refractivity (Wildman–Crippen MR) is 36.5 cm³/mol. The van der Waals surface area contributed by atoms with Crippen LogP contribution in [0.15, 0.2) is 11.6 Å². The smallest absolute Gasteiger partial charge is 0.330 e. The van der Waals surface area contributed by atoms with Gasteiger partial charge in [0.2, 0.25) is 0 Å². The summed E-state index contributed by atoms with van der Waals surface area (Å²) < 4.78 is 4.31. The zero-order chi connectivity index (χ0) is 7.98. The van der Waals surface area contributed by atoms with Crippen molar-refractivity contribution in [1.29, 1.82) is 0 Å². The largest absolute Gasteiger partial charge is 0.466 e. The minimum Gasteiger partial charge on any atom is -0.466 e. The van der Waals surface area contributed by atoms with Crippen molar-refractivity contribution in [1.82, 2.24) is 0 Å². The van der Waals surface area contributed by atoms with Crippen molar-refractivity contribution in [2.75, 3.05) is 7.11 Å². The van der Waals surface area contributed by atoms with Crippen molar-refractivity contribution in [3.05, 3.63) is 11.6 Å². The molecule has 3 heteroatoms. The van der Waals surface area contributed by atoms with Crippen LogP contribution in [0.1, 0.15) is 13.3 Å². The molecule has 0 unspecified atom stereocenters. The predicted octanol–water partition coefficient (Wildman–Crippen LogP) is 0.695. The summed E-state index contributed by atoms with van der Waals surface area (Å²) in [6.45, 7) is 1.79. The molecule has 0 aliphatic rings. The number of rotatable bonds is 3. The Balaban J connectivity index is 4.09. The average molecular weight is 142 g/mol. The minimum atomic E-state index is -0.482. The lowest BCUT2D eigenvalue weighted by molar-refractivity contribution is -0.135. The van der Waals surface area contributed by atoms with Crippen molar-refractivity contribution in [2.45, 2.75) is 13.3 Å². The zero-order valence-corrected chi connectivity index (χ0v) is 6.09. The third-order valence-electron chi connectivity index (χ3n) is 1.06. The topological polar surface area (TPSA) is 43.4 Å². The van der Waals surface area contributed by atoms with Gasteiger partial charge in [-0.2, -0.15) is 0 Å². The second kappa shape index (κ2) is 4.73. The van der Waals surface area contributed by atoms with Gasteiger partial charge in [0.05, 0.1) is 7.11 Å². The number of allylic oxidation sites excluding steroid dienone is 1. The third-order valence-corrected chi connectivity index (χ3v) is 1.06. The maximum Gasteiger partial charge on any atom is 0.330 e. The van der Waals surface area contributed by atoms with Crippen LogP contribution in [-0.4, -0.2) is 19.4 Å². The normalized spacial score (nSPS) is 10.8. The van der Waals surface area contributed by atoms with Gasteiger partial charge in [0.1, 0.15) is 6.29 Å². The molecular weight excluding hydrogens is 132 g/mol. The summed E-state index contributed by atoms with van der Waals surface area (Å²) in [5.41, 5.74) is 0.451. The summed E-state index contributed by atoms with van der Waals surface area (Å²) in [5.74, 6) is -0.482. The Hall–Kier alpha value is -1.12. The molecule has 0 fully saturated rings. The molecule has 0 N–H and O–H groups in total. The van der Waals surface area contributed by atoms with Gasteiger partial charge in [-0.25, -0.2) is 4.79 Å². The fourth-order valence-electron chi connectivity index (χ4n) is 0.430. The number of carbonyl (C=O) groups is 2. The molecule has 0 bridgehead atoms. The lowest BCUT2D eigenvalue weighted by Crippen LogP contribution is -1.97. The van der Waals surface area contributed by atoms with Gasteiger partial charge < -0.3 is 4.74 Å². The maximum absolute atomic E-state index is 10.5. The Morgan fingerprint density at radius 2 is 2.20 bits per heavy atom. The van der Waals surface area contributed by atoms with E-state index >= 15 is 0 Å². The Morgan fingerprint density at radius 3 is 2.50 bits per heavy atom. The molecule has 56 valence electrons. The van der Waals surface area contributed by atoms with Crippen molar-refractivity contribution in [3.8, 4) is 0 Å². The van der Waals surface area contributed by atoms with Crippen molar-refractivity contribution in [3.63, 3.8) is 0 Å². The van der Waals surface area contributed by atoms with E-state index in [1.165, 1.54) is 13.2 Å². The van der Waals surface area contributed by atoms with Gasteiger partial charge >= 0.3 is 5.97 Å². The summed E-state index contributed by atoms with van der Waals surface area (Å²) in [4.78, 5) is 20.6. The maximum atomic E-state index is 10.5. The Bertz CT molecular complexity index is 158. The summed E-state index contributed by atoms with van der Waals surface area (Å²) in [6.07, 6.45) is 2.39. The minimum absolute atomic E-state index is 0.451. The molecule has 0 heterocycles. The van der Waals surface area contributed by atoms with E-state index in [1.54, 1.807) is 6.92 Å². The first-order valence-electron chi connectivity index (χ1n) is 2.98. The number of hydrogen-bond donors (Lipinski definition) is 0. The highest BCUT2D eigenvalue weighted by Gasteiger charge is 1.96. The van der Waals surface area contributed by atoms with E-state index in [0.29, 0.717) is 18.3 Å². The monoisotopic (exact) mass is 142 g/mol. The molecule has 0 aromatic carbocycles. The van der Waals surface area contributed by atoms with Gasteiger partial charge in [-0.05, 0) is 12.0 Å². The molecule has 0 amide bonds.